The van der Waals surface area contributed by atoms with Crippen molar-refractivity contribution in [3.63, 3.8) is 0 Å². The number of amides is 1. The lowest BCUT2D eigenvalue weighted by Gasteiger charge is -2.11. The first-order valence-electron chi connectivity index (χ1n) is 4.64. The van der Waals surface area contributed by atoms with Crippen LogP contribution in [0.3, 0.4) is 0 Å². The zero-order valence-corrected chi connectivity index (χ0v) is 7.49. The van der Waals surface area contributed by atoms with E-state index in [1.807, 2.05) is 0 Å². The average Bonchev–Trinajstić information content (AvgIpc) is 2.42. The molecule has 0 bridgehead atoms. The van der Waals surface area contributed by atoms with Crippen LogP contribution in [0.4, 0.5) is 0 Å². The van der Waals surface area contributed by atoms with Gasteiger partial charge in [0, 0.05) is 19.0 Å². The molecule has 1 amide bonds. The highest BCUT2D eigenvalue weighted by Crippen LogP contribution is 2.40. The molecule has 0 radical (unpaired) electrons. The normalized spacial score (nSPS) is 41.6. The van der Waals surface area contributed by atoms with Gasteiger partial charge in [0.1, 0.15) is 0 Å². The number of hydrogen-bond acceptors (Lipinski definition) is 2. The number of fused-ring (bicyclic) bond motifs is 1. The lowest BCUT2D eigenvalue weighted by molar-refractivity contribution is -0.121. The molecule has 1 aliphatic heterocycles. The topological polar surface area (TPSA) is 46.3 Å². The Morgan fingerprint density at radius 2 is 1.83 bits per heavy atom. The molecule has 2 fully saturated rings. The predicted molar refractivity (Wildman–Crippen MR) is 46.4 cm³/mol. The van der Waals surface area contributed by atoms with Gasteiger partial charge in [0.25, 0.3) is 0 Å². The molecule has 0 aromatic rings. The number of rotatable bonds is 1. The smallest absolute Gasteiger partial charge is 0.220 e. The van der Waals surface area contributed by atoms with Crippen LogP contribution in [0.5, 0.6) is 0 Å². The molecule has 1 saturated carbocycles. The number of nitrogens with two attached hydrogens (primary N) is 1. The monoisotopic (exact) mass is 168 g/mol. The van der Waals surface area contributed by atoms with Crippen LogP contribution in [0.2, 0.25) is 0 Å². The fraction of sp³-hybridized carbons (Fsp3) is 0.889. The highest BCUT2D eigenvalue weighted by molar-refractivity contribution is 5.77. The second-order valence-corrected chi connectivity index (χ2v) is 4.31. The van der Waals surface area contributed by atoms with Gasteiger partial charge >= 0.3 is 0 Å². The Morgan fingerprint density at radius 3 is 2.25 bits per heavy atom. The molecule has 3 heteroatoms. The van der Waals surface area contributed by atoms with Crippen molar-refractivity contribution >= 4 is 5.91 Å². The molecule has 0 aromatic heterocycles. The van der Waals surface area contributed by atoms with Crippen molar-refractivity contribution in [2.24, 2.45) is 23.5 Å². The van der Waals surface area contributed by atoms with Crippen LogP contribution in [-0.2, 0) is 4.79 Å². The van der Waals surface area contributed by atoms with E-state index >= 15 is 0 Å². The van der Waals surface area contributed by atoms with Crippen LogP contribution in [-0.4, -0.2) is 30.9 Å². The van der Waals surface area contributed by atoms with E-state index < -0.39 is 0 Å². The SMILES string of the molecule is CN1CC2CC(C(N)=O)CC2C1. The van der Waals surface area contributed by atoms with Crippen LogP contribution in [0.25, 0.3) is 0 Å². The Balaban J connectivity index is 1.98. The van der Waals surface area contributed by atoms with Gasteiger partial charge in [-0.1, -0.05) is 0 Å². The van der Waals surface area contributed by atoms with Crippen molar-refractivity contribution in [3.8, 4) is 0 Å². The van der Waals surface area contributed by atoms with Gasteiger partial charge in [0.05, 0.1) is 0 Å². The summed E-state index contributed by atoms with van der Waals surface area (Å²) in [5.74, 6) is 1.57. The first kappa shape index (κ1) is 8.05. The van der Waals surface area contributed by atoms with Crippen molar-refractivity contribution in [1.82, 2.24) is 4.90 Å². The molecule has 2 unspecified atom stereocenters. The summed E-state index contributed by atoms with van der Waals surface area (Å²) in [6, 6.07) is 0. The van der Waals surface area contributed by atoms with E-state index in [1.165, 1.54) is 0 Å². The molecule has 0 aromatic carbocycles. The first-order valence-corrected chi connectivity index (χ1v) is 4.64. The van der Waals surface area contributed by atoms with E-state index in [1.54, 1.807) is 0 Å². The number of hydrogen-bond donors (Lipinski definition) is 1. The standard InChI is InChI=1S/C9H16N2O/c1-11-4-7-2-6(9(10)12)3-8(7)5-11/h6-8H,2-5H2,1H3,(H2,10,12). The minimum absolute atomic E-state index is 0.0907. The summed E-state index contributed by atoms with van der Waals surface area (Å²) in [6.07, 6.45) is 2.06. The lowest BCUT2D eigenvalue weighted by Crippen LogP contribution is -2.24. The molecule has 2 N–H and O–H groups in total. The Bertz CT molecular complexity index is 191. The van der Waals surface area contributed by atoms with Gasteiger partial charge in [0.15, 0.2) is 0 Å². The number of nitrogens with zero attached hydrogens (tertiary/aromatic N) is 1. The van der Waals surface area contributed by atoms with Gasteiger partial charge in [-0.15, -0.1) is 0 Å². The molecular formula is C9H16N2O. The minimum Gasteiger partial charge on any atom is -0.369 e. The molecule has 12 heavy (non-hydrogen) atoms. The van der Waals surface area contributed by atoms with Crippen molar-refractivity contribution < 1.29 is 4.79 Å². The quantitative estimate of drug-likeness (QED) is 0.602. The van der Waals surface area contributed by atoms with E-state index in [-0.39, 0.29) is 11.8 Å². The van der Waals surface area contributed by atoms with Gasteiger partial charge in [0.2, 0.25) is 5.91 Å². The van der Waals surface area contributed by atoms with Crippen molar-refractivity contribution in [3.05, 3.63) is 0 Å². The lowest BCUT2D eigenvalue weighted by atomic mass is 10.0. The van der Waals surface area contributed by atoms with Gasteiger partial charge in [-0.05, 0) is 31.7 Å². The molecule has 0 spiro atoms. The fourth-order valence-corrected chi connectivity index (χ4v) is 2.77. The molecular weight excluding hydrogens is 152 g/mol. The van der Waals surface area contributed by atoms with Crippen LogP contribution >= 0.6 is 0 Å². The highest BCUT2D eigenvalue weighted by Gasteiger charge is 2.41. The maximum absolute atomic E-state index is 10.9. The largest absolute Gasteiger partial charge is 0.369 e. The van der Waals surface area contributed by atoms with E-state index in [0.717, 1.165) is 37.8 Å². The highest BCUT2D eigenvalue weighted by atomic mass is 16.1. The van der Waals surface area contributed by atoms with Gasteiger partial charge in [-0.3, -0.25) is 4.79 Å². The zero-order valence-electron chi connectivity index (χ0n) is 7.49. The number of carbonyl (C=O) groups excluding carboxylic acids is 1. The summed E-state index contributed by atoms with van der Waals surface area (Å²) in [7, 11) is 2.15. The van der Waals surface area contributed by atoms with Gasteiger partial charge in [-0.25, -0.2) is 0 Å². The van der Waals surface area contributed by atoms with E-state index in [2.05, 4.69) is 11.9 Å². The molecule has 68 valence electrons. The van der Waals surface area contributed by atoms with Gasteiger partial charge in [-0.2, -0.15) is 0 Å². The predicted octanol–water partition coefficient (Wildman–Crippen LogP) is 0.0595. The number of likely N-dealkylation sites (tertiary alicyclic amines) is 1. The third-order valence-corrected chi connectivity index (χ3v) is 3.34. The Kier molecular flexibility index (Phi) is 1.83. The zero-order chi connectivity index (χ0) is 8.72. The summed E-state index contributed by atoms with van der Waals surface area (Å²) in [4.78, 5) is 13.3. The molecule has 1 saturated heterocycles. The van der Waals surface area contributed by atoms with Crippen LogP contribution < -0.4 is 5.73 Å². The Hall–Kier alpha value is -0.570. The number of primary amides is 1. The van der Waals surface area contributed by atoms with E-state index in [4.69, 9.17) is 5.73 Å². The van der Waals surface area contributed by atoms with Crippen LogP contribution in [0.1, 0.15) is 12.8 Å². The third kappa shape index (κ3) is 1.22. The molecule has 1 aliphatic carbocycles. The summed E-state index contributed by atoms with van der Waals surface area (Å²) >= 11 is 0. The van der Waals surface area contributed by atoms with Crippen LogP contribution in [0.15, 0.2) is 0 Å². The van der Waals surface area contributed by atoms with Crippen molar-refractivity contribution in [2.75, 3.05) is 20.1 Å². The van der Waals surface area contributed by atoms with Crippen molar-refractivity contribution in [1.29, 1.82) is 0 Å². The molecule has 2 atom stereocenters. The molecule has 2 rings (SSSR count). The summed E-state index contributed by atoms with van der Waals surface area (Å²) < 4.78 is 0. The maximum Gasteiger partial charge on any atom is 0.220 e. The third-order valence-electron chi connectivity index (χ3n) is 3.34. The van der Waals surface area contributed by atoms with Gasteiger partial charge < -0.3 is 10.6 Å². The summed E-state index contributed by atoms with van der Waals surface area (Å²) in [6.45, 7) is 2.32. The second kappa shape index (κ2) is 2.73. The van der Waals surface area contributed by atoms with E-state index in [0.29, 0.717) is 0 Å². The summed E-state index contributed by atoms with van der Waals surface area (Å²) in [5, 5.41) is 0. The molecule has 2 aliphatic rings. The van der Waals surface area contributed by atoms with E-state index in [9.17, 15) is 4.79 Å². The Morgan fingerprint density at radius 1 is 1.33 bits per heavy atom. The Labute approximate surface area is 72.9 Å². The van der Waals surface area contributed by atoms with Crippen LogP contribution in [0, 0.1) is 17.8 Å². The second-order valence-electron chi connectivity index (χ2n) is 4.31. The molecule has 1 heterocycles. The summed E-state index contributed by atoms with van der Waals surface area (Å²) in [5.41, 5.74) is 5.28. The molecule has 3 nitrogen and oxygen atoms in total. The maximum atomic E-state index is 10.9. The minimum atomic E-state index is -0.0907. The number of carbonyl (C=O) groups is 1. The fourth-order valence-electron chi connectivity index (χ4n) is 2.77. The average molecular weight is 168 g/mol. The van der Waals surface area contributed by atoms with Crippen molar-refractivity contribution in [2.45, 2.75) is 12.8 Å². The first-order chi connectivity index (χ1) is 5.66.